The Balaban J connectivity index is 1.75. The van der Waals surface area contributed by atoms with Crippen LogP contribution in [0.15, 0.2) is 30.3 Å². The molecule has 0 saturated carbocycles. The van der Waals surface area contributed by atoms with Crippen molar-refractivity contribution in [3.8, 4) is 10.4 Å². The van der Waals surface area contributed by atoms with Gasteiger partial charge in [0, 0.05) is 17.3 Å². The van der Waals surface area contributed by atoms with E-state index in [4.69, 9.17) is 5.11 Å². The minimum Gasteiger partial charge on any atom is -0.481 e. The van der Waals surface area contributed by atoms with Gasteiger partial charge in [0.2, 0.25) is 0 Å². The largest absolute Gasteiger partial charge is 0.481 e. The average molecular weight is 329 g/mol. The smallest absolute Gasteiger partial charge is 0.303 e. The van der Waals surface area contributed by atoms with Gasteiger partial charge in [-0.3, -0.25) is 9.59 Å². The average Bonchev–Trinajstić information content (AvgIpc) is 2.97. The van der Waals surface area contributed by atoms with E-state index in [0.717, 1.165) is 12.8 Å². The van der Waals surface area contributed by atoms with E-state index in [1.54, 1.807) is 0 Å². The Morgan fingerprint density at radius 3 is 2.78 bits per heavy atom. The molecule has 0 bridgehead atoms. The van der Waals surface area contributed by atoms with Crippen LogP contribution in [0.25, 0.3) is 10.4 Å². The van der Waals surface area contributed by atoms with E-state index < -0.39 is 5.97 Å². The minimum atomic E-state index is -0.839. The van der Waals surface area contributed by atoms with Crippen LogP contribution in [0.3, 0.4) is 0 Å². The van der Waals surface area contributed by atoms with Gasteiger partial charge in [-0.2, -0.15) is 0 Å². The summed E-state index contributed by atoms with van der Waals surface area (Å²) in [7, 11) is 0. The maximum absolute atomic E-state index is 12.4. The fraction of sp³-hybridized carbons (Fsp3) is 0.333. The first-order valence-electron chi connectivity index (χ1n) is 7.78. The van der Waals surface area contributed by atoms with Crippen molar-refractivity contribution < 1.29 is 14.7 Å². The van der Waals surface area contributed by atoms with Gasteiger partial charge in [0.15, 0.2) is 0 Å². The summed E-state index contributed by atoms with van der Waals surface area (Å²) in [6.07, 6.45) is 2.48. The Bertz CT molecular complexity index is 750. The van der Waals surface area contributed by atoms with E-state index >= 15 is 0 Å². The summed E-state index contributed by atoms with van der Waals surface area (Å²) < 4.78 is 0. The van der Waals surface area contributed by atoms with Gasteiger partial charge in [-0.25, -0.2) is 0 Å². The molecule has 1 atom stereocenters. The molecule has 0 saturated heterocycles. The molecule has 2 N–H and O–H groups in total. The maximum Gasteiger partial charge on any atom is 0.303 e. The van der Waals surface area contributed by atoms with Crippen molar-refractivity contribution in [1.29, 1.82) is 0 Å². The molecule has 5 heteroatoms. The lowest BCUT2D eigenvalue weighted by Crippen LogP contribution is -2.32. The van der Waals surface area contributed by atoms with E-state index in [1.807, 2.05) is 19.1 Å². The number of thiophene rings is 1. The monoisotopic (exact) mass is 329 g/mol. The summed E-state index contributed by atoms with van der Waals surface area (Å²) in [5, 5.41) is 11.6. The van der Waals surface area contributed by atoms with Crippen LogP contribution in [0.1, 0.15) is 40.6 Å². The lowest BCUT2D eigenvalue weighted by atomic mass is 9.91. The molecular formula is C18H19NO3S. The van der Waals surface area contributed by atoms with Crippen molar-refractivity contribution in [1.82, 2.24) is 5.32 Å². The van der Waals surface area contributed by atoms with E-state index in [2.05, 4.69) is 23.5 Å². The van der Waals surface area contributed by atoms with Crippen LogP contribution < -0.4 is 5.32 Å². The SMILES string of the molecule is CC(CCC(=O)O)NC(=O)c1cc2c(s1)-c1ccccc1CC2. The molecule has 1 aliphatic carbocycles. The molecule has 1 heterocycles. The van der Waals surface area contributed by atoms with E-state index in [9.17, 15) is 9.59 Å². The standard InChI is InChI=1S/C18H19NO3S/c1-11(6-9-16(20)21)19-18(22)15-10-13-8-7-12-4-2-3-5-14(12)17(13)23-15/h2-5,10-11H,6-9H2,1H3,(H,19,22)(H,20,21). The van der Waals surface area contributed by atoms with Crippen molar-refractivity contribution >= 4 is 23.2 Å². The predicted molar refractivity (Wildman–Crippen MR) is 91.0 cm³/mol. The number of aryl methyl sites for hydroxylation is 2. The molecule has 1 unspecified atom stereocenters. The fourth-order valence-corrected chi connectivity index (χ4v) is 4.06. The van der Waals surface area contributed by atoms with Crippen LogP contribution >= 0.6 is 11.3 Å². The Morgan fingerprint density at radius 1 is 1.26 bits per heavy atom. The number of carbonyl (C=O) groups is 2. The predicted octanol–water partition coefficient (Wildman–Crippen LogP) is 3.50. The third-order valence-electron chi connectivity index (χ3n) is 4.13. The number of fused-ring (bicyclic) bond motifs is 3. The summed E-state index contributed by atoms with van der Waals surface area (Å²) in [6.45, 7) is 1.84. The van der Waals surface area contributed by atoms with Gasteiger partial charge in [-0.15, -0.1) is 11.3 Å². The highest BCUT2D eigenvalue weighted by Crippen LogP contribution is 2.39. The molecule has 4 nitrogen and oxygen atoms in total. The molecule has 0 spiro atoms. The summed E-state index contributed by atoms with van der Waals surface area (Å²) in [4.78, 5) is 24.9. The van der Waals surface area contributed by atoms with Crippen LogP contribution in [0.2, 0.25) is 0 Å². The Hall–Kier alpha value is -2.14. The molecule has 0 aliphatic heterocycles. The number of hydrogen-bond donors (Lipinski definition) is 2. The topological polar surface area (TPSA) is 66.4 Å². The molecule has 1 amide bonds. The van der Waals surface area contributed by atoms with E-state index in [-0.39, 0.29) is 18.4 Å². The molecule has 0 radical (unpaired) electrons. The fourth-order valence-electron chi connectivity index (χ4n) is 2.89. The highest BCUT2D eigenvalue weighted by atomic mass is 32.1. The van der Waals surface area contributed by atoms with Crippen molar-refractivity contribution in [2.45, 2.75) is 38.6 Å². The van der Waals surface area contributed by atoms with Crippen molar-refractivity contribution in [2.24, 2.45) is 0 Å². The van der Waals surface area contributed by atoms with Gasteiger partial charge in [0.1, 0.15) is 0 Å². The maximum atomic E-state index is 12.4. The minimum absolute atomic E-state index is 0.0652. The molecule has 2 aromatic rings. The Labute approximate surface area is 139 Å². The van der Waals surface area contributed by atoms with Crippen LogP contribution in [-0.2, 0) is 17.6 Å². The molecular weight excluding hydrogens is 310 g/mol. The third kappa shape index (κ3) is 3.45. The first-order chi connectivity index (χ1) is 11.0. The number of aliphatic carboxylic acids is 1. The Kier molecular flexibility index (Phi) is 4.48. The number of carboxylic acid groups (broad SMARTS) is 1. The quantitative estimate of drug-likeness (QED) is 0.882. The van der Waals surface area contributed by atoms with Crippen molar-refractivity contribution in [2.75, 3.05) is 0 Å². The molecule has 1 aliphatic rings. The summed E-state index contributed by atoms with van der Waals surface area (Å²) in [5.74, 6) is -0.950. The summed E-state index contributed by atoms with van der Waals surface area (Å²) in [5.41, 5.74) is 3.80. The van der Waals surface area contributed by atoms with Crippen molar-refractivity contribution in [3.05, 3.63) is 46.3 Å². The van der Waals surface area contributed by atoms with Gasteiger partial charge in [0.25, 0.3) is 5.91 Å². The normalized spacial score (nSPS) is 13.8. The van der Waals surface area contributed by atoms with Crippen molar-refractivity contribution in [3.63, 3.8) is 0 Å². The Morgan fingerprint density at radius 2 is 2.00 bits per heavy atom. The summed E-state index contributed by atoms with van der Waals surface area (Å²) >= 11 is 1.52. The molecule has 1 aromatic carbocycles. The lowest BCUT2D eigenvalue weighted by molar-refractivity contribution is -0.137. The van der Waals surface area contributed by atoms with Crippen LogP contribution in [0.4, 0.5) is 0 Å². The highest BCUT2D eigenvalue weighted by Gasteiger charge is 2.21. The second-order valence-electron chi connectivity index (χ2n) is 5.93. The van der Waals surface area contributed by atoms with Crippen LogP contribution in [-0.4, -0.2) is 23.0 Å². The molecule has 1 aromatic heterocycles. The number of carbonyl (C=O) groups excluding carboxylic acids is 1. The third-order valence-corrected chi connectivity index (χ3v) is 5.34. The first-order valence-corrected chi connectivity index (χ1v) is 8.60. The highest BCUT2D eigenvalue weighted by molar-refractivity contribution is 7.17. The zero-order chi connectivity index (χ0) is 16.4. The number of nitrogens with one attached hydrogen (secondary N) is 1. The number of rotatable bonds is 5. The van der Waals surface area contributed by atoms with Crippen LogP contribution in [0.5, 0.6) is 0 Å². The number of amides is 1. The van der Waals surface area contributed by atoms with Gasteiger partial charge in [0.05, 0.1) is 4.88 Å². The van der Waals surface area contributed by atoms with Gasteiger partial charge in [-0.05, 0) is 48.9 Å². The second kappa shape index (κ2) is 6.54. The van der Waals surface area contributed by atoms with Gasteiger partial charge < -0.3 is 10.4 Å². The van der Waals surface area contributed by atoms with E-state index in [0.29, 0.717) is 11.3 Å². The first kappa shape index (κ1) is 15.7. The lowest BCUT2D eigenvalue weighted by Gasteiger charge is -2.15. The number of hydrogen-bond acceptors (Lipinski definition) is 3. The molecule has 3 rings (SSSR count). The molecule has 0 fully saturated rings. The van der Waals surface area contributed by atoms with Crippen LogP contribution in [0, 0.1) is 0 Å². The van der Waals surface area contributed by atoms with Gasteiger partial charge in [-0.1, -0.05) is 24.3 Å². The zero-order valence-electron chi connectivity index (χ0n) is 13.0. The molecule has 23 heavy (non-hydrogen) atoms. The second-order valence-corrected chi connectivity index (χ2v) is 6.98. The summed E-state index contributed by atoms with van der Waals surface area (Å²) in [6, 6.07) is 10.2. The van der Waals surface area contributed by atoms with Gasteiger partial charge >= 0.3 is 5.97 Å². The zero-order valence-corrected chi connectivity index (χ0v) is 13.8. The number of benzene rings is 1. The number of carboxylic acids is 1. The molecule has 120 valence electrons. The van der Waals surface area contributed by atoms with E-state index in [1.165, 1.54) is 32.9 Å².